The Morgan fingerprint density at radius 1 is 0.933 bits per heavy atom. The molecule has 156 valence electrons. The van der Waals surface area contributed by atoms with E-state index in [4.69, 9.17) is 4.74 Å². The zero-order chi connectivity index (χ0) is 22.3. The summed E-state index contributed by atoms with van der Waals surface area (Å²) >= 11 is 0. The molecule has 0 bridgehead atoms. The van der Waals surface area contributed by atoms with E-state index in [1.807, 2.05) is 0 Å². The first-order valence-electron chi connectivity index (χ1n) is 8.89. The summed E-state index contributed by atoms with van der Waals surface area (Å²) in [7, 11) is 1.09. The van der Waals surface area contributed by atoms with Crippen LogP contribution in [-0.2, 0) is 14.3 Å². The number of phenolic OH excluding ortho intramolecular Hbond substituents is 4. The van der Waals surface area contributed by atoms with Crippen LogP contribution < -0.4 is 0 Å². The van der Waals surface area contributed by atoms with E-state index >= 15 is 0 Å². The van der Waals surface area contributed by atoms with E-state index in [0.717, 1.165) is 25.3 Å². The standard InChI is InChI=1S/C21H18O9/c1-8(22)3-4-10(21(29)30-2)15-14(25)7-12-17(19(15)27)20(28)16-11(18(12)26)5-9(23)6-13(16)24/h5-7,10,23-25,27H,3-4H2,1-2H3/t10-/m1/s1. The first-order valence-corrected chi connectivity index (χ1v) is 8.89. The third-order valence-corrected chi connectivity index (χ3v) is 4.98. The Hall–Kier alpha value is -3.88. The number of ketones is 3. The number of rotatable bonds is 5. The van der Waals surface area contributed by atoms with E-state index in [1.165, 1.54) is 6.92 Å². The third-order valence-electron chi connectivity index (χ3n) is 4.98. The van der Waals surface area contributed by atoms with E-state index in [9.17, 15) is 39.6 Å². The van der Waals surface area contributed by atoms with Crippen molar-refractivity contribution >= 4 is 23.3 Å². The molecule has 0 aliphatic heterocycles. The second kappa shape index (κ2) is 7.51. The molecule has 9 heteroatoms. The summed E-state index contributed by atoms with van der Waals surface area (Å²) in [6.45, 7) is 1.30. The van der Waals surface area contributed by atoms with Gasteiger partial charge in [-0.05, 0) is 25.5 Å². The number of esters is 1. The van der Waals surface area contributed by atoms with Crippen molar-refractivity contribution in [3.05, 3.63) is 46.0 Å². The first kappa shape index (κ1) is 20.8. The second-order valence-corrected chi connectivity index (χ2v) is 6.94. The lowest BCUT2D eigenvalue weighted by Crippen LogP contribution is -2.23. The van der Waals surface area contributed by atoms with E-state index in [-0.39, 0.29) is 35.3 Å². The molecule has 1 aliphatic rings. The molecule has 0 aromatic heterocycles. The van der Waals surface area contributed by atoms with Crippen LogP contribution in [0.1, 0.15) is 63.1 Å². The maximum Gasteiger partial charge on any atom is 0.313 e. The number of hydrogen-bond acceptors (Lipinski definition) is 9. The highest BCUT2D eigenvalue weighted by atomic mass is 16.5. The van der Waals surface area contributed by atoms with Gasteiger partial charge in [0.05, 0.1) is 29.7 Å². The molecule has 0 spiro atoms. The molecule has 0 heterocycles. The number of methoxy groups -OCH3 is 1. The number of benzene rings is 2. The van der Waals surface area contributed by atoms with Gasteiger partial charge >= 0.3 is 5.97 Å². The van der Waals surface area contributed by atoms with Gasteiger partial charge in [0.15, 0.2) is 5.78 Å². The SMILES string of the molecule is COC(=O)[C@H](CCC(C)=O)c1c(O)cc2c(c1O)C(=O)c1c(O)cc(O)cc1C2=O. The molecule has 1 aliphatic carbocycles. The summed E-state index contributed by atoms with van der Waals surface area (Å²) in [5.41, 5.74) is -1.93. The van der Waals surface area contributed by atoms with Crippen molar-refractivity contribution in [1.82, 2.24) is 0 Å². The van der Waals surface area contributed by atoms with Gasteiger partial charge in [-0.1, -0.05) is 0 Å². The minimum atomic E-state index is -1.28. The lowest BCUT2D eigenvalue weighted by atomic mass is 9.79. The molecule has 9 nitrogen and oxygen atoms in total. The van der Waals surface area contributed by atoms with Gasteiger partial charge in [-0.15, -0.1) is 0 Å². The highest BCUT2D eigenvalue weighted by Gasteiger charge is 2.39. The maximum atomic E-state index is 13.0. The summed E-state index contributed by atoms with van der Waals surface area (Å²) in [6, 6.07) is 2.79. The summed E-state index contributed by atoms with van der Waals surface area (Å²) in [6.07, 6.45) is -0.175. The predicted octanol–water partition coefficient (Wildman–Crippen LogP) is 1.91. The smallest absolute Gasteiger partial charge is 0.313 e. The largest absolute Gasteiger partial charge is 0.508 e. The van der Waals surface area contributed by atoms with Crippen LogP contribution in [0.2, 0.25) is 0 Å². The average molecular weight is 414 g/mol. The molecule has 0 amide bonds. The summed E-state index contributed by atoms with van der Waals surface area (Å²) in [4.78, 5) is 49.4. The van der Waals surface area contributed by atoms with Crippen LogP contribution >= 0.6 is 0 Å². The number of phenols is 4. The number of carbonyl (C=O) groups excluding carboxylic acids is 4. The van der Waals surface area contributed by atoms with Gasteiger partial charge in [0, 0.05) is 23.6 Å². The third kappa shape index (κ3) is 3.24. The lowest BCUT2D eigenvalue weighted by Gasteiger charge is -2.24. The van der Waals surface area contributed by atoms with Crippen LogP contribution in [0.15, 0.2) is 18.2 Å². The fourth-order valence-corrected chi connectivity index (χ4v) is 3.59. The Balaban J connectivity index is 2.25. The van der Waals surface area contributed by atoms with E-state index in [0.29, 0.717) is 0 Å². The van der Waals surface area contributed by atoms with Gasteiger partial charge in [-0.2, -0.15) is 0 Å². The molecule has 30 heavy (non-hydrogen) atoms. The van der Waals surface area contributed by atoms with Crippen LogP contribution in [0, 0.1) is 0 Å². The summed E-state index contributed by atoms with van der Waals surface area (Å²) in [5.74, 6) is -6.69. The fourth-order valence-electron chi connectivity index (χ4n) is 3.59. The van der Waals surface area contributed by atoms with Crippen molar-refractivity contribution in [3.8, 4) is 23.0 Å². The molecule has 0 fully saturated rings. The quantitative estimate of drug-likeness (QED) is 0.457. The Labute approximate surface area is 170 Å². The van der Waals surface area contributed by atoms with Crippen LogP contribution in [0.25, 0.3) is 0 Å². The van der Waals surface area contributed by atoms with Crippen molar-refractivity contribution in [1.29, 1.82) is 0 Å². The van der Waals surface area contributed by atoms with Crippen molar-refractivity contribution in [2.45, 2.75) is 25.7 Å². The molecule has 3 rings (SSSR count). The number of aromatic hydroxyl groups is 4. The van der Waals surface area contributed by atoms with Crippen molar-refractivity contribution < 1.29 is 44.3 Å². The zero-order valence-electron chi connectivity index (χ0n) is 16.1. The number of Topliss-reactive ketones (excluding diaryl/α,β-unsaturated/α-hetero) is 1. The molecule has 1 atom stereocenters. The second-order valence-electron chi connectivity index (χ2n) is 6.94. The Morgan fingerprint density at radius 3 is 2.17 bits per heavy atom. The average Bonchev–Trinajstić information content (AvgIpc) is 2.66. The highest BCUT2D eigenvalue weighted by molar-refractivity contribution is 6.30. The molecular formula is C21H18O9. The Kier molecular flexibility index (Phi) is 5.22. The lowest BCUT2D eigenvalue weighted by molar-refractivity contribution is -0.142. The normalized spacial score (nSPS) is 13.4. The topological polar surface area (TPSA) is 158 Å². The van der Waals surface area contributed by atoms with Gasteiger partial charge < -0.3 is 30.0 Å². The summed E-state index contributed by atoms with van der Waals surface area (Å²) in [5, 5.41) is 41.0. The number of fused-ring (bicyclic) bond motifs is 2. The Bertz CT molecular complexity index is 1110. The van der Waals surface area contributed by atoms with Crippen molar-refractivity contribution in [2.24, 2.45) is 0 Å². The molecular weight excluding hydrogens is 396 g/mol. The minimum absolute atomic E-state index is 0.0640. The molecule has 0 saturated carbocycles. The highest BCUT2D eigenvalue weighted by Crippen LogP contribution is 2.46. The maximum absolute atomic E-state index is 13.0. The first-order chi connectivity index (χ1) is 14.1. The van der Waals surface area contributed by atoms with Gasteiger partial charge in [-0.3, -0.25) is 14.4 Å². The molecule has 0 radical (unpaired) electrons. The number of carbonyl (C=O) groups is 4. The number of hydrogen-bond donors (Lipinski definition) is 4. The van der Waals surface area contributed by atoms with Gasteiger partial charge in [0.25, 0.3) is 0 Å². The van der Waals surface area contributed by atoms with E-state index in [1.54, 1.807) is 0 Å². The van der Waals surface area contributed by atoms with Crippen LogP contribution in [0.4, 0.5) is 0 Å². The van der Waals surface area contributed by atoms with Crippen molar-refractivity contribution in [3.63, 3.8) is 0 Å². The molecule has 2 aromatic carbocycles. The van der Waals surface area contributed by atoms with E-state index in [2.05, 4.69) is 0 Å². The monoisotopic (exact) mass is 414 g/mol. The molecule has 0 unspecified atom stereocenters. The minimum Gasteiger partial charge on any atom is -0.508 e. The summed E-state index contributed by atoms with van der Waals surface area (Å²) < 4.78 is 4.70. The van der Waals surface area contributed by atoms with Crippen LogP contribution in [0.5, 0.6) is 23.0 Å². The zero-order valence-corrected chi connectivity index (χ0v) is 16.1. The molecule has 4 N–H and O–H groups in total. The van der Waals surface area contributed by atoms with Crippen LogP contribution in [0.3, 0.4) is 0 Å². The van der Waals surface area contributed by atoms with Crippen LogP contribution in [-0.4, -0.2) is 50.9 Å². The van der Waals surface area contributed by atoms with Crippen molar-refractivity contribution in [2.75, 3.05) is 7.11 Å². The predicted molar refractivity (Wildman–Crippen MR) is 101 cm³/mol. The van der Waals surface area contributed by atoms with E-state index < -0.39 is 57.6 Å². The fraction of sp³-hybridized carbons (Fsp3) is 0.238. The number of ether oxygens (including phenoxy) is 1. The van der Waals surface area contributed by atoms with Gasteiger partial charge in [0.1, 0.15) is 28.8 Å². The molecule has 2 aromatic rings. The molecule has 0 saturated heterocycles. The Morgan fingerprint density at radius 2 is 1.57 bits per heavy atom. The van der Waals surface area contributed by atoms with Gasteiger partial charge in [0.2, 0.25) is 5.78 Å². The van der Waals surface area contributed by atoms with Gasteiger partial charge in [-0.25, -0.2) is 0 Å².